The minimum absolute atomic E-state index is 0.0664. The van der Waals surface area contributed by atoms with E-state index in [1.807, 2.05) is 6.07 Å². The minimum atomic E-state index is -0.151. The predicted octanol–water partition coefficient (Wildman–Crippen LogP) is 3.10. The molecule has 1 heterocycles. The van der Waals surface area contributed by atoms with E-state index in [0.717, 1.165) is 4.47 Å². The number of aromatic nitrogens is 2. The smallest absolute Gasteiger partial charge is 0.262 e. The van der Waals surface area contributed by atoms with Gasteiger partial charge in [0.05, 0.1) is 29.8 Å². The molecule has 2 rings (SSSR count). The molecule has 1 aromatic carbocycles. The number of nitrogens with zero attached hydrogens (tertiary/aromatic N) is 3. The first kappa shape index (κ1) is 21.4. The second-order valence-corrected chi connectivity index (χ2v) is 7.53. The summed E-state index contributed by atoms with van der Waals surface area (Å²) in [7, 11) is 1.58. The number of benzene rings is 1. The van der Waals surface area contributed by atoms with Gasteiger partial charge in [0.15, 0.2) is 5.16 Å². The van der Waals surface area contributed by atoms with Gasteiger partial charge in [-0.05, 0) is 18.2 Å². The van der Waals surface area contributed by atoms with E-state index in [-0.39, 0.29) is 17.2 Å². The third-order valence-corrected chi connectivity index (χ3v) is 5.23. The third-order valence-electron chi connectivity index (χ3n) is 3.78. The SMILES string of the molecule is C=CCN(CC=C)C(=O)CSc1nc2ccc(Br)cc2c(=O)n1CCOC. The van der Waals surface area contributed by atoms with Crippen molar-refractivity contribution in [1.82, 2.24) is 14.5 Å². The van der Waals surface area contributed by atoms with Crippen LogP contribution in [-0.4, -0.2) is 52.9 Å². The summed E-state index contributed by atoms with van der Waals surface area (Å²) >= 11 is 4.63. The summed E-state index contributed by atoms with van der Waals surface area (Å²) in [5.41, 5.74) is 0.447. The standard InChI is InChI=1S/C19H22BrN3O3S/c1-4-8-22(9-5-2)17(24)13-27-19-21-16-7-6-14(20)12-15(16)18(25)23(19)10-11-26-3/h4-7,12H,1-2,8-11,13H2,3H3. The fourth-order valence-electron chi connectivity index (χ4n) is 2.47. The predicted molar refractivity (Wildman–Crippen MR) is 113 cm³/mol. The summed E-state index contributed by atoms with van der Waals surface area (Å²) in [6.45, 7) is 8.98. The quantitative estimate of drug-likeness (QED) is 0.315. The van der Waals surface area contributed by atoms with Crippen LogP contribution in [0, 0.1) is 0 Å². The Hall–Kier alpha value is -1.90. The normalized spacial score (nSPS) is 10.7. The Bertz CT molecular complexity index is 888. The molecular formula is C19H22BrN3O3S. The van der Waals surface area contributed by atoms with Gasteiger partial charge in [-0.15, -0.1) is 13.2 Å². The molecule has 0 fully saturated rings. The van der Waals surface area contributed by atoms with Crippen LogP contribution in [0.4, 0.5) is 0 Å². The zero-order valence-corrected chi connectivity index (χ0v) is 17.6. The molecule has 1 aromatic heterocycles. The number of halogens is 1. The van der Waals surface area contributed by atoms with E-state index in [1.165, 1.54) is 11.8 Å². The molecule has 6 nitrogen and oxygen atoms in total. The van der Waals surface area contributed by atoms with E-state index in [0.29, 0.717) is 42.3 Å². The van der Waals surface area contributed by atoms with Gasteiger partial charge in [0.1, 0.15) is 0 Å². The highest BCUT2D eigenvalue weighted by molar-refractivity contribution is 9.10. The lowest BCUT2D eigenvalue weighted by molar-refractivity contribution is -0.127. The van der Waals surface area contributed by atoms with Crippen LogP contribution in [0.3, 0.4) is 0 Å². The van der Waals surface area contributed by atoms with E-state index < -0.39 is 0 Å². The molecule has 1 amide bonds. The Labute approximate surface area is 171 Å². The maximum Gasteiger partial charge on any atom is 0.262 e. The summed E-state index contributed by atoms with van der Waals surface area (Å²) in [6, 6.07) is 5.38. The van der Waals surface area contributed by atoms with Crippen LogP contribution in [0.25, 0.3) is 10.9 Å². The monoisotopic (exact) mass is 451 g/mol. The summed E-state index contributed by atoms with van der Waals surface area (Å²) < 4.78 is 7.49. The summed E-state index contributed by atoms with van der Waals surface area (Å²) in [5, 5.41) is 1.02. The zero-order valence-electron chi connectivity index (χ0n) is 15.2. The van der Waals surface area contributed by atoms with Crippen LogP contribution < -0.4 is 5.56 Å². The third kappa shape index (κ3) is 5.54. The number of methoxy groups -OCH3 is 1. The highest BCUT2D eigenvalue weighted by atomic mass is 79.9. The molecule has 0 aliphatic carbocycles. The van der Waals surface area contributed by atoms with Gasteiger partial charge in [-0.3, -0.25) is 14.2 Å². The molecule has 27 heavy (non-hydrogen) atoms. The summed E-state index contributed by atoms with van der Waals surface area (Å²) in [5.74, 6) is 0.103. The first-order chi connectivity index (χ1) is 13.0. The molecule has 0 radical (unpaired) electrons. The molecular weight excluding hydrogens is 430 g/mol. The van der Waals surface area contributed by atoms with Crippen LogP contribution in [-0.2, 0) is 16.1 Å². The highest BCUT2D eigenvalue weighted by Crippen LogP contribution is 2.21. The largest absolute Gasteiger partial charge is 0.383 e. The topological polar surface area (TPSA) is 64.4 Å². The van der Waals surface area contributed by atoms with E-state index in [1.54, 1.807) is 40.9 Å². The molecule has 0 aliphatic rings. The van der Waals surface area contributed by atoms with Crippen molar-refractivity contribution in [2.45, 2.75) is 11.7 Å². The number of hydrogen-bond acceptors (Lipinski definition) is 5. The van der Waals surface area contributed by atoms with Crippen molar-refractivity contribution in [3.8, 4) is 0 Å². The van der Waals surface area contributed by atoms with Crippen molar-refractivity contribution in [3.63, 3.8) is 0 Å². The van der Waals surface area contributed by atoms with E-state index in [9.17, 15) is 9.59 Å². The van der Waals surface area contributed by atoms with Gasteiger partial charge < -0.3 is 9.64 Å². The molecule has 0 spiro atoms. The molecule has 144 valence electrons. The van der Waals surface area contributed by atoms with Crippen molar-refractivity contribution in [2.24, 2.45) is 0 Å². The van der Waals surface area contributed by atoms with Crippen molar-refractivity contribution in [3.05, 3.63) is 58.3 Å². The molecule has 0 bridgehead atoms. The average Bonchev–Trinajstić information content (AvgIpc) is 2.66. The van der Waals surface area contributed by atoms with Crippen molar-refractivity contribution < 1.29 is 9.53 Å². The minimum Gasteiger partial charge on any atom is -0.383 e. The molecule has 0 saturated heterocycles. The fraction of sp³-hybridized carbons (Fsp3) is 0.316. The van der Waals surface area contributed by atoms with Gasteiger partial charge in [-0.2, -0.15) is 0 Å². The maximum atomic E-state index is 12.9. The van der Waals surface area contributed by atoms with Crippen LogP contribution >= 0.6 is 27.7 Å². The first-order valence-corrected chi connectivity index (χ1v) is 10.1. The second kappa shape index (κ2) is 10.4. The molecule has 0 saturated carbocycles. The van der Waals surface area contributed by atoms with E-state index in [4.69, 9.17) is 4.74 Å². The summed E-state index contributed by atoms with van der Waals surface area (Å²) in [6.07, 6.45) is 3.35. The van der Waals surface area contributed by atoms with Crippen LogP contribution in [0.2, 0.25) is 0 Å². The Balaban J connectivity index is 2.33. The molecule has 0 atom stereocenters. The van der Waals surface area contributed by atoms with Gasteiger partial charge in [0.2, 0.25) is 5.91 Å². The lowest BCUT2D eigenvalue weighted by atomic mass is 10.2. The molecule has 0 N–H and O–H groups in total. The Morgan fingerprint density at radius 1 is 1.37 bits per heavy atom. The molecule has 0 unspecified atom stereocenters. The molecule has 2 aromatic rings. The highest BCUT2D eigenvalue weighted by Gasteiger charge is 2.16. The number of carbonyl (C=O) groups excluding carboxylic acids is 1. The fourth-order valence-corrected chi connectivity index (χ4v) is 3.76. The number of carbonyl (C=O) groups is 1. The van der Waals surface area contributed by atoms with Gasteiger partial charge >= 0.3 is 0 Å². The summed E-state index contributed by atoms with van der Waals surface area (Å²) in [4.78, 5) is 31.6. The van der Waals surface area contributed by atoms with Gasteiger partial charge in [0, 0.05) is 24.7 Å². The number of ether oxygens (including phenoxy) is 1. The van der Waals surface area contributed by atoms with Crippen molar-refractivity contribution >= 4 is 44.5 Å². The number of rotatable bonds is 10. The van der Waals surface area contributed by atoms with E-state index >= 15 is 0 Å². The molecule has 0 aliphatic heterocycles. The van der Waals surface area contributed by atoms with Gasteiger partial charge in [0.25, 0.3) is 5.56 Å². The average molecular weight is 452 g/mol. The number of fused-ring (bicyclic) bond motifs is 1. The lowest BCUT2D eigenvalue weighted by Crippen LogP contribution is -2.33. The second-order valence-electron chi connectivity index (χ2n) is 5.67. The molecule has 8 heteroatoms. The van der Waals surface area contributed by atoms with Crippen molar-refractivity contribution in [2.75, 3.05) is 32.6 Å². The Morgan fingerprint density at radius 2 is 2.07 bits per heavy atom. The number of amides is 1. The van der Waals surface area contributed by atoms with E-state index in [2.05, 4.69) is 34.1 Å². The zero-order chi connectivity index (χ0) is 19.8. The number of hydrogen-bond donors (Lipinski definition) is 0. The lowest BCUT2D eigenvalue weighted by Gasteiger charge is -2.19. The maximum absolute atomic E-state index is 12.9. The Morgan fingerprint density at radius 3 is 2.70 bits per heavy atom. The van der Waals surface area contributed by atoms with Crippen LogP contribution in [0.1, 0.15) is 0 Å². The van der Waals surface area contributed by atoms with Gasteiger partial charge in [-0.1, -0.05) is 39.8 Å². The van der Waals surface area contributed by atoms with Crippen LogP contribution in [0.15, 0.2) is 57.9 Å². The van der Waals surface area contributed by atoms with Gasteiger partial charge in [-0.25, -0.2) is 4.98 Å². The Kier molecular flexibility index (Phi) is 8.27. The number of thioether (sulfide) groups is 1. The van der Waals surface area contributed by atoms with Crippen LogP contribution in [0.5, 0.6) is 0 Å². The first-order valence-electron chi connectivity index (χ1n) is 8.33. The van der Waals surface area contributed by atoms with Crippen molar-refractivity contribution in [1.29, 1.82) is 0 Å².